The summed E-state index contributed by atoms with van der Waals surface area (Å²) in [5.41, 5.74) is 2.25. The van der Waals surface area contributed by atoms with Crippen LogP contribution in [-0.4, -0.2) is 13.2 Å². The molecule has 0 saturated heterocycles. The molecule has 0 atom stereocenters. The van der Waals surface area contributed by atoms with Crippen molar-refractivity contribution in [2.24, 2.45) is 0 Å². The standard InChI is InChI=1S/C18H20FNO.ClH/c1-2-13-21-18-6-4-3-5-16(18)14-20-12-11-15-7-9-17(19)10-8-15;/h2-10,20H,1,11-14H2;1H. The van der Waals surface area contributed by atoms with Crippen molar-refractivity contribution in [3.05, 3.63) is 78.1 Å². The van der Waals surface area contributed by atoms with Gasteiger partial charge < -0.3 is 10.1 Å². The molecule has 0 spiro atoms. The summed E-state index contributed by atoms with van der Waals surface area (Å²) in [6, 6.07) is 14.6. The van der Waals surface area contributed by atoms with Crippen LogP contribution in [-0.2, 0) is 13.0 Å². The monoisotopic (exact) mass is 321 g/mol. The smallest absolute Gasteiger partial charge is 0.124 e. The molecule has 0 fully saturated rings. The van der Waals surface area contributed by atoms with E-state index in [1.807, 2.05) is 36.4 Å². The van der Waals surface area contributed by atoms with E-state index < -0.39 is 0 Å². The van der Waals surface area contributed by atoms with Crippen molar-refractivity contribution in [1.82, 2.24) is 5.32 Å². The van der Waals surface area contributed by atoms with Gasteiger partial charge in [-0.15, -0.1) is 12.4 Å². The van der Waals surface area contributed by atoms with Crippen LogP contribution < -0.4 is 10.1 Å². The molecule has 0 saturated carbocycles. The predicted octanol–water partition coefficient (Wildman–Crippen LogP) is 4.14. The van der Waals surface area contributed by atoms with Crippen molar-refractivity contribution in [2.75, 3.05) is 13.2 Å². The Balaban J connectivity index is 0.00000242. The Kier molecular flexibility index (Phi) is 8.26. The van der Waals surface area contributed by atoms with E-state index in [-0.39, 0.29) is 18.2 Å². The Morgan fingerprint density at radius 3 is 2.55 bits per heavy atom. The average molecular weight is 322 g/mol. The SMILES string of the molecule is C=CCOc1ccccc1CNCCc1ccc(F)cc1.Cl. The second-order valence-electron chi connectivity index (χ2n) is 4.76. The molecule has 0 heterocycles. The largest absolute Gasteiger partial charge is 0.489 e. The molecule has 22 heavy (non-hydrogen) atoms. The molecular formula is C18H21ClFNO. The van der Waals surface area contributed by atoms with Gasteiger partial charge in [-0.3, -0.25) is 0 Å². The fourth-order valence-corrected chi connectivity index (χ4v) is 2.05. The van der Waals surface area contributed by atoms with Gasteiger partial charge in [-0.1, -0.05) is 43.0 Å². The molecule has 2 aromatic carbocycles. The van der Waals surface area contributed by atoms with E-state index >= 15 is 0 Å². The molecule has 0 aliphatic carbocycles. The topological polar surface area (TPSA) is 21.3 Å². The number of ether oxygens (including phenoxy) is 1. The van der Waals surface area contributed by atoms with Crippen LogP contribution in [0.2, 0.25) is 0 Å². The lowest BCUT2D eigenvalue weighted by Crippen LogP contribution is -2.17. The van der Waals surface area contributed by atoms with Gasteiger partial charge in [0.1, 0.15) is 18.2 Å². The van der Waals surface area contributed by atoms with Crippen molar-refractivity contribution < 1.29 is 9.13 Å². The highest BCUT2D eigenvalue weighted by atomic mass is 35.5. The lowest BCUT2D eigenvalue weighted by atomic mass is 10.1. The summed E-state index contributed by atoms with van der Waals surface area (Å²) in [6.07, 6.45) is 2.61. The third kappa shape index (κ3) is 5.88. The Bertz CT molecular complexity index is 572. The highest BCUT2D eigenvalue weighted by molar-refractivity contribution is 5.85. The molecule has 0 unspecified atom stereocenters. The van der Waals surface area contributed by atoms with Crippen LogP contribution in [0.1, 0.15) is 11.1 Å². The second-order valence-corrected chi connectivity index (χ2v) is 4.76. The lowest BCUT2D eigenvalue weighted by Gasteiger charge is -2.11. The first-order chi connectivity index (χ1) is 10.3. The molecule has 2 aromatic rings. The van der Waals surface area contributed by atoms with E-state index in [1.165, 1.54) is 12.1 Å². The van der Waals surface area contributed by atoms with Gasteiger partial charge in [-0.2, -0.15) is 0 Å². The maximum atomic E-state index is 12.8. The highest BCUT2D eigenvalue weighted by Crippen LogP contribution is 2.17. The van der Waals surface area contributed by atoms with Gasteiger partial charge >= 0.3 is 0 Å². The van der Waals surface area contributed by atoms with Crippen molar-refractivity contribution in [3.8, 4) is 5.75 Å². The minimum Gasteiger partial charge on any atom is -0.489 e. The summed E-state index contributed by atoms with van der Waals surface area (Å²) in [5.74, 6) is 0.687. The fraction of sp³-hybridized carbons (Fsp3) is 0.222. The molecule has 0 aliphatic heterocycles. The normalized spacial score (nSPS) is 9.86. The van der Waals surface area contributed by atoms with Crippen LogP contribution in [0.15, 0.2) is 61.2 Å². The van der Waals surface area contributed by atoms with Crippen LogP contribution in [0.25, 0.3) is 0 Å². The third-order valence-corrected chi connectivity index (χ3v) is 3.15. The highest BCUT2D eigenvalue weighted by Gasteiger charge is 2.02. The minimum absolute atomic E-state index is 0. The van der Waals surface area contributed by atoms with E-state index in [1.54, 1.807) is 6.08 Å². The minimum atomic E-state index is -0.194. The van der Waals surface area contributed by atoms with Crippen molar-refractivity contribution in [3.63, 3.8) is 0 Å². The zero-order chi connectivity index (χ0) is 14.9. The Morgan fingerprint density at radius 2 is 1.82 bits per heavy atom. The van der Waals surface area contributed by atoms with Crippen molar-refractivity contribution in [2.45, 2.75) is 13.0 Å². The van der Waals surface area contributed by atoms with Crippen molar-refractivity contribution >= 4 is 12.4 Å². The van der Waals surface area contributed by atoms with E-state index in [0.717, 1.165) is 36.4 Å². The average Bonchev–Trinajstić information content (AvgIpc) is 2.52. The molecule has 4 heteroatoms. The first kappa shape index (κ1) is 18.2. The molecule has 0 bridgehead atoms. The number of para-hydroxylation sites is 1. The molecule has 0 aromatic heterocycles. The van der Waals surface area contributed by atoms with E-state index in [9.17, 15) is 4.39 Å². The summed E-state index contributed by atoms with van der Waals surface area (Å²) < 4.78 is 18.4. The van der Waals surface area contributed by atoms with Gasteiger partial charge in [-0.25, -0.2) is 4.39 Å². The second kappa shape index (κ2) is 9.98. The summed E-state index contributed by atoms with van der Waals surface area (Å²) in [4.78, 5) is 0. The van der Waals surface area contributed by atoms with Crippen LogP contribution in [0.5, 0.6) is 5.75 Å². The molecular weight excluding hydrogens is 301 g/mol. The van der Waals surface area contributed by atoms with Gasteiger partial charge in [0.25, 0.3) is 0 Å². The summed E-state index contributed by atoms with van der Waals surface area (Å²) in [6.45, 7) is 5.74. The van der Waals surface area contributed by atoms with Gasteiger partial charge in [0.2, 0.25) is 0 Å². The molecule has 0 radical (unpaired) electrons. The number of hydrogen-bond donors (Lipinski definition) is 1. The number of benzene rings is 2. The predicted molar refractivity (Wildman–Crippen MR) is 91.2 cm³/mol. The van der Waals surface area contributed by atoms with Crippen LogP contribution in [0.3, 0.4) is 0 Å². The van der Waals surface area contributed by atoms with E-state index in [0.29, 0.717) is 6.61 Å². The summed E-state index contributed by atoms with van der Waals surface area (Å²) >= 11 is 0. The van der Waals surface area contributed by atoms with Gasteiger partial charge in [-0.05, 0) is 36.7 Å². The third-order valence-electron chi connectivity index (χ3n) is 3.15. The number of nitrogens with one attached hydrogen (secondary N) is 1. The van der Waals surface area contributed by atoms with Gasteiger partial charge in [0, 0.05) is 12.1 Å². The number of rotatable bonds is 8. The lowest BCUT2D eigenvalue weighted by molar-refractivity contribution is 0.358. The summed E-state index contributed by atoms with van der Waals surface area (Å²) in [7, 11) is 0. The van der Waals surface area contributed by atoms with Gasteiger partial charge in [0.05, 0.1) is 0 Å². The van der Waals surface area contributed by atoms with E-state index in [2.05, 4.69) is 11.9 Å². The molecule has 0 amide bonds. The van der Waals surface area contributed by atoms with Crippen LogP contribution in [0, 0.1) is 5.82 Å². The van der Waals surface area contributed by atoms with Crippen LogP contribution >= 0.6 is 12.4 Å². The van der Waals surface area contributed by atoms with E-state index in [4.69, 9.17) is 4.74 Å². The molecule has 2 rings (SSSR count). The maximum Gasteiger partial charge on any atom is 0.124 e. The first-order valence-corrected chi connectivity index (χ1v) is 7.06. The zero-order valence-corrected chi connectivity index (χ0v) is 13.2. The number of hydrogen-bond acceptors (Lipinski definition) is 2. The Hall–Kier alpha value is -1.84. The first-order valence-electron chi connectivity index (χ1n) is 7.06. The molecule has 118 valence electrons. The molecule has 0 aliphatic rings. The molecule has 2 nitrogen and oxygen atoms in total. The van der Waals surface area contributed by atoms with Crippen LogP contribution in [0.4, 0.5) is 4.39 Å². The van der Waals surface area contributed by atoms with Gasteiger partial charge in [0.15, 0.2) is 0 Å². The number of halogens is 2. The maximum absolute atomic E-state index is 12.8. The Morgan fingerprint density at radius 1 is 1.09 bits per heavy atom. The van der Waals surface area contributed by atoms with Crippen molar-refractivity contribution in [1.29, 1.82) is 0 Å². The fourth-order valence-electron chi connectivity index (χ4n) is 2.05. The molecule has 1 N–H and O–H groups in total. The quantitative estimate of drug-likeness (QED) is 0.582. The Labute approximate surface area is 137 Å². The summed E-state index contributed by atoms with van der Waals surface area (Å²) in [5, 5.41) is 3.38. The zero-order valence-electron chi connectivity index (χ0n) is 12.4.